The Morgan fingerprint density at radius 3 is 2.19 bits per heavy atom. The summed E-state index contributed by atoms with van der Waals surface area (Å²) in [4.78, 5) is 17.3. The van der Waals surface area contributed by atoms with E-state index in [1.807, 2.05) is 19.9 Å². The molecule has 3 rings (SSSR count). The summed E-state index contributed by atoms with van der Waals surface area (Å²) < 4.78 is 0. The highest BCUT2D eigenvalue weighted by Gasteiger charge is 2.14. The molecule has 1 fully saturated rings. The number of piperazine rings is 1. The zero-order valence-corrected chi connectivity index (χ0v) is 16.3. The van der Waals surface area contributed by atoms with E-state index >= 15 is 0 Å². The van der Waals surface area contributed by atoms with Crippen LogP contribution in [0.1, 0.15) is 32.6 Å². The van der Waals surface area contributed by atoms with Crippen molar-refractivity contribution in [1.82, 2.24) is 10.2 Å². The number of benzene rings is 2. The fourth-order valence-corrected chi connectivity index (χ4v) is 3.37. The van der Waals surface area contributed by atoms with Crippen LogP contribution in [0, 0.1) is 20.8 Å². The first kappa shape index (κ1) is 18.5. The fraction of sp³-hybridized carbons (Fsp3) is 0.409. The van der Waals surface area contributed by atoms with Crippen LogP contribution in [-0.4, -0.2) is 44.0 Å². The lowest BCUT2D eigenvalue weighted by molar-refractivity contribution is 0.0950. The molecule has 1 heterocycles. The van der Waals surface area contributed by atoms with Gasteiger partial charge < -0.3 is 15.1 Å². The number of amides is 1. The monoisotopic (exact) mass is 351 g/mol. The Labute approximate surface area is 156 Å². The van der Waals surface area contributed by atoms with Crippen molar-refractivity contribution in [3.8, 4) is 0 Å². The lowest BCUT2D eigenvalue weighted by Gasteiger charge is -2.34. The summed E-state index contributed by atoms with van der Waals surface area (Å²) in [6.45, 7) is 11.0. The second kappa shape index (κ2) is 7.92. The molecule has 0 aromatic heterocycles. The zero-order chi connectivity index (χ0) is 18.7. The number of nitrogens with zero attached hydrogens (tertiary/aromatic N) is 2. The quantitative estimate of drug-likeness (QED) is 0.918. The molecule has 4 heteroatoms. The first-order valence-electron chi connectivity index (χ1n) is 9.32. The van der Waals surface area contributed by atoms with Gasteiger partial charge in [-0.05, 0) is 68.3 Å². The molecule has 0 unspecified atom stereocenters. The number of hydrogen-bond acceptors (Lipinski definition) is 3. The first-order valence-corrected chi connectivity index (χ1v) is 9.32. The number of likely N-dealkylation sites (N-methyl/N-ethyl adjacent to an activating group) is 1. The molecule has 2 aromatic carbocycles. The van der Waals surface area contributed by atoms with E-state index in [4.69, 9.17) is 0 Å². The van der Waals surface area contributed by atoms with Crippen LogP contribution in [0.25, 0.3) is 0 Å². The third kappa shape index (κ3) is 4.25. The lowest BCUT2D eigenvalue weighted by atomic mass is 10.0. The highest BCUT2D eigenvalue weighted by Crippen LogP contribution is 2.18. The SMILES string of the molecule is Cc1cc(C)c(C(=O)NCc2ccc(N3CCN(C)CC3)cc2)cc1C. The Hall–Kier alpha value is -2.33. The van der Waals surface area contributed by atoms with Crippen molar-refractivity contribution in [2.75, 3.05) is 38.1 Å². The van der Waals surface area contributed by atoms with E-state index in [0.29, 0.717) is 6.54 Å². The number of rotatable bonds is 4. The second-order valence-corrected chi connectivity index (χ2v) is 7.39. The van der Waals surface area contributed by atoms with E-state index in [0.717, 1.165) is 48.4 Å². The predicted molar refractivity (Wildman–Crippen MR) is 108 cm³/mol. The van der Waals surface area contributed by atoms with Crippen molar-refractivity contribution in [2.24, 2.45) is 0 Å². The normalized spacial score (nSPS) is 15.2. The molecule has 0 radical (unpaired) electrons. The number of hydrogen-bond donors (Lipinski definition) is 1. The van der Waals surface area contributed by atoms with Gasteiger partial charge in [0.25, 0.3) is 5.91 Å². The maximum absolute atomic E-state index is 12.5. The number of carbonyl (C=O) groups excluding carboxylic acids is 1. The van der Waals surface area contributed by atoms with Gasteiger partial charge in [0.1, 0.15) is 0 Å². The minimum Gasteiger partial charge on any atom is -0.369 e. The molecular weight excluding hydrogens is 322 g/mol. The molecule has 1 saturated heterocycles. The van der Waals surface area contributed by atoms with Crippen molar-refractivity contribution < 1.29 is 4.79 Å². The minimum atomic E-state index is -0.00579. The third-order valence-electron chi connectivity index (χ3n) is 5.34. The van der Waals surface area contributed by atoms with Crippen LogP contribution in [0.15, 0.2) is 36.4 Å². The van der Waals surface area contributed by atoms with Crippen LogP contribution in [0.3, 0.4) is 0 Å². The van der Waals surface area contributed by atoms with E-state index in [-0.39, 0.29) is 5.91 Å². The number of anilines is 1. The Bertz CT molecular complexity index is 775. The molecule has 1 N–H and O–H groups in total. The van der Waals surface area contributed by atoms with Crippen molar-refractivity contribution in [3.05, 3.63) is 64.2 Å². The fourth-order valence-electron chi connectivity index (χ4n) is 3.37. The maximum atomic E-state index is 12.5. The van der Waals surface area contributed by atoms with Crippen LogP contribution >= 0.6 is 0 Å². The summed E-state index contributed by atoms with van der Waals surface area (Å²) >= 11 is 0. The maximum Gasteiger partial charge on any atom is 0.251 e. The molecule has 1 aliphatic rings. The van der Waals surface area contributed by atoms with Gasteiger partial charge in [-0.2, -0.15) is 0 Å². The van der Waals surface area contributed by atoms with Crippen LogP contribution in [0.2, 0.25) is 0 Å². The minimum absolute atomic E-state index is 0.00579. The molecule has 4 nitrogen and oxygen atoms in total. The van der Waals surface area contributed by atoms with Gasteiger partial charge in [0.2, 0.25) is 0 Å². The topological polar surface area (TPSA) is 35.6 Å². The highest BCUT2D eigenvalue weighted by atomic mass is 16.1. The summed E-state index contributed by atoms with van der Waals surface area (Å²) in [6.07, 6.45) is 0. The summed E-state index contributed by atoms with van der Waals surface area (Å²) in [5, 5.41) is 3.05. The van der Waals surface area contributed by atoms with E-state index in [1.54, 1.807) is 0 Å². The van der Waals surface area contributed by atoms with Crippen LogP contribution in [0.4, 0.5) is 5.69 Å². The molecular formula is C22H29N3O. The van der Waals surface area contributed by atoms with Crippen molar-refractivity contribution in [3.63, 3.8) is 0 Å². The average Bonchev–Trinajstić information content (AvgIpc) is 2.64. The lowest BCUT2D eigenvalue weighted by Crippen LogP contribution is -2.44. The molecule has 0 atom stereocenters. The molecule has 0 bridgehead atoms. The van der Waals surface area contributed by atoms with Crippen LogP contribution in [0.5, 0.6) is 0 Å². The van der Waals surface area contributed by atoms with Gasteiger partial charge in [0.15, 0.2) is 0 Å². The molecule has 1 amide bonds. The van der Waals surface area contributed by atoms with Gasteiger partial charge in [-0.1, -0.05) is 18.2 Å². The molecule has 0 spiro atoms. The number of aryl methyl sites for hydroxylation is 3. The Morgan fingerprint density at radius 1 is 0.923 bits per heavy atom. The predicted octanol–water partition coefficient (Wildman–Crippen LogP) is 3.29. The summed E-state index contributed by atoms with van der Waals surface area (Å²) in [7, 11) is 2.17. The molecule has 138 valence electrons. The van der Waals surface area contributed by atoms with Crippen LogP contribution < -0.4 is 10.2 Å². The molecule has 26 heavy (non-hydrogen) atoms. The van der Waals surface area contributed by atoms with E-state index in [1.165, 1.54) is 11.3 Å². The standard InChI is InChI=1S/C22H29N3O/c1-16-13-18(3)21(14-17(16)2)22(26)23-15-19-5-7-20(8-6-19)25-11-9-24(4)10-12-25/h5-8,13-14H,9-12,15H2,1-4H3,(H,23,26). The van der Waals surface area contributed by atoms with Crippen LogP contribution in [-0.2, 0) is 6.54 Å². The zero-order valence-electron chi connectivity index (χ0n) is 16.3. The Balaban J connectivity index is 1.60. The number of nitrogens with one attached hydrogen (secondary N) is 1. The summed E-state index contributed by atoms with van der Waals surface area (Å²) in [5.41, 5.74) is 6.55. The summed E-state index contributed by atoms with van der Waals surface area (Å²) in [6, 6.07) is 12.6. The van der Waals surface area contributed by atoms with Gasteiger partial charge in [-0.15, -0.1) is 0 Å². The molecule has 2 aromatic rings. The van der Waals surface area contributed by atoms with Crippen molar-refractivity contribution in [2.45, 2.75) is 27.3 Å². The van der Waals surface area contributed by atoms with E-state index in [2.05, 4.69) is 59.4 Å². The van der Waals surface area contributed by atoms with Gasteiger partial charge in [-0.25, -0.2) is 0 Å². The average molecular weight is 351 g/mol. The highest BCUT2D eigenvalue weighted by molar-refractivity contribution is 5.95. The Morgan fingerprint density at radius 2 is 1.54 bits per heavy atom. The van der Waals surface area contributed by atoms with Gasteiger partial charge >= 0.3 is 0 Å². The van der Waals surface area contributed by atoms with Gasteiger partial charge in [0.05, 0.1) is 0 Å². The third-order valence-corrected chi connectivity index (χ3v) is 5.34. The van der Waals surface area contributed by atoms with E-state index in [9.17, 15) is 4.79 Å². The first-order chi connectivity index (χ1) is 12.4. The molecule has 1 aliphatic heterocycles. The van der Waals surface area contributed by atoms with Gasteiger partial charge in [0, 0.05) is 44.0 Å². The largest absolute Gasteiger partial charge is 0.369 e. The number of carbonyl (C=O) groups is 1. The smallest absolute Gasteiger partial charge is 0.251 e. The van der Waals surface area contributed by atoms with Crippen molar-refractivity contribution in [1.29, 1.82) is 0 Å². The molecule has 0 aliphatic carbocycles. The van der Waals surface area contributed by atoms with Crippen molar-refractivity contribution >= 4 is 11.6 Å². The summed E-state index contributed by atoms with van der Waals surface area (Å²) in [5.74, 6) is -0.00579. The Kier molecular flexibility index (Phi) is 5.62. The van der Waals surface area contributed by atoms with E-state index < -0.39 is 0 Å². The second-order valence-electron chi connectivity index (χ2n) is 7.39. The molecule has 0 saturated carbocycles. The van der Waals surface area contributed by atoms with Gasteiger partial charge in [-0.3, -0.25) is 4.79 Å².